The lowest BCUT2D eigenvalue weighted by molar-refractivity contribution is -0.129. The first-order chi connectivity index (χ1) is 9.60. The molecule has 1 aromatic heterocycles. The summed E-state index contributed by atoms with van der Waals surface area (Å²) in [5, 5.41) is 3.47. The van der Waals surface area contributed by atoms with E-state index in [1.54, 1.807) is 7.11 Å². The van der Waals surface area contributed by atoms with E-state index in [1.165, 1.54) is 11.3 Å². The van der Waals surface area contributed by atoms with Gasteiger partial charge < -0.3 is 15.8 Å². The minimum Gasteiger partial charge on any atom is -0.399 e. The number of anilines is 2. The molecule has 6 heteroatoms. The van der Waals surface area contributed by atoms with Crippen LogP contribution in [-0.2, 0) is 9.53 Å². The predicted molar refractivity (Wildman–Crippen MR) is 80.9 cm³/mol. The van der Waals surface area contributed by atoms with Crippen LogP contribution in [0, 0.1) is 0 Å². The molecule has 0 atom stereocenters. The van der Waals surface area contributed by atoms with Crippen molar-refractivity contribution in [3.8, 4) is 0 Å². The summed E-state index contributed by atoms with van der Waals surface area (Å²) in [6, 6.07) is 5.53. The van der Waals surface area contributed by atoms with Crippen molar-refractivity contribution in [2.75, 3.05) is 18.2 Å². The summed E-state index contributed by atoms with van der Waals surface area (Å²) in [4.78, 5) is 16.5. The Bertz CT molecular complexity index is 643. The minimum atomic E-state index is -0.259. The Labute approximate surface area is 121 Å². The van der Waals surface area contributed by atoms with Gasteiger partial charge in [0.1, 0.15) is 0 Å². The lowest BCUT2D eigenvalue weighted by Crippen LogP contribution is -2.42. The van der Waals surface area contributed by atoms with Crippen molar-refractivity contribution in [1.82, 2.24) is 4.98 Å². The standard InChI is InChI=1S/C14H17N3O2S/c1-19-14(5-2-6-14)8-12(18)17-13-16-10-4-3-9(15)7-11(10)20-13/h3-4,7H,2,5-6,8,15H2,1H3,(H,16,17,18). The summed E-state index contributed by atoms with van der Waals surface area (Å²) in [7, 11) is 1.67. The summed E-state index contributed by atoms with van der Waals surface area (Å²) in [6.07, 6.45) is 3.42. The first kappa shape index (κ1) is 13.3. The minimum absolute atomic E-state index is 0.0430. The maximum Gasteiger partial charge on any atom is 0.229 e. The molecule has 3 rings (SSSR count). The molecule has 0 saturated heterocycles. The molecule has 106 valence electrons. The van der Waals surface area contributed by atoms with E-state index in [0.717, 1.165) is 29.5 Å². The van der Waals surface area contributed by atoms with Crippen LogP contribution in [0.15, 0.2) is 18.2 Å². The Balaban J connectivity index is 1.71. The van der Waals surface area contributed by atoms with Gasteiger partial charge in [0.05, 0.1) is 22.2 Å². The Morgan fingerprint density at radius 3 is 3.00 bits per heavy atom. The van der Waals surface area contributed by atoms with Crippen LogP contribution >= 0.6 is 11.3 Å². The lowest BCUT2D eigenvalue weighted by Gasteiger charge is -2.39. The number of nitrogens with one attached hydrogen (secondary N) is 1. The normalized spacial score (nSPS) is 16.9. The van der Waals surface area contributed by atoms with Crippen LogP contribution in [0.4, 0.5) is 10.8 Å². The topological polar surface area (TPSA) is 77.2 Å². The molecule has 0 aliphatic heterocycles. The summed E-state index contributed by atoms with van der Waals surface area (Å²) in [5.74, 6) is -0.0430. The second-order valence-corrected chi connectivity index (χ2v) is 6.24. The Hall–Kier alpha value is -1.66. The maximum absolute atomic E-state index is 12.1. The van der Waals surface area contributed by atoms with E-state index in [1.807, 2.05) is 18.2 Å². The number of thiazole rings is 1. The summed E-state index contributed by atoms with van der Waals surface area (Å²) in [6.45, 7) is 0. The average molecular weight is 291 g/mol. The Morgan fingerprint density at radius 1 is 1.55 bits per heavy atom. The number of ether oxygens (including phenoxy) is 1. The molecule has 1 saturated carbocycles. The van der Waals surface area contributed by atoms with Crippen LogP contribution in [-0.4, -0.2) is 23.6 Å². The van der Waals surface area contributed by atoms with Gasteiger partial charge in [0.2, 0.25) is 5.91 Å². The quantitative estimate of drug-likeness (QED) is 0.849. The summed E-state index contributed by atoms with van der Waals surface area (Å²) < 4.78 is 6.44. The van der Waals surface area contributed by atoms with Crippen LogP contribution in [0.2, 0.25) is 0 Å². The molecule has 1 aliphatic rings. The highest BCUT2D eigenvalue weighted by molar-refractivity contribution is 7.22. The number of amides is 1. The number of hydrogen-bond acceptors (Lipinski definition) is 5. The molecule has 1 heterocycles. The number of aromatic nitrogens is 1. The number of nitrogens with two attached hydrogens (primary N) is 1. The average Bonchev–Trinajstić information content (AvgIpc) is 2.75. The van der Waals surface area contributed by atoms with Gasteiger partial charge in [0.15, 0.2) is 5.13 Å². The van der Waals surface area contributed by atoms with Crippen molar-refractivity contribution in [1.29, 1.82) is 0 Å². The van der Waals surface area contributed by atoms with E-state index in [-0.39, 0.29) is 11.5 Å². The largest absolute Gasteiger partial charge is 0.399 e. The van der Waals surface area contributed by atoms with Crippen molar-refractivity contribution in [2.24, 2.45) is 0 Å². The number of hydrogen-bond donors (Lipinski definition) is 2. The third-order valence-corrected chi connectivity index (χ3v) is 4.77. The smallest absolute Gasteiger partial charge is 0.229 e. The molecular weight excluding hydrogens is 274 g/mol. The van der Waals surface area contributed by atoms with Gasteiger partial charge in [-0.3, -0.25) is 4.79 Å². The Morgan fingerprint density at radius 2 is 2.35 bits per heavy atom. The zero-order chi connectivity index (χ0) is 14.2. The van der Waals surface area contributed by atoms with E-state index < -0.39 is 0 Å². The molecule has 1 fully saturated rings. The van der Waals surface area contributed by atoms with Crippen LogP contribution < -0.4 is 11.1 Å². The number of nitrogen functional groups attached to an aromatic ring is 1. The van der Waals surface area contributed by atoms with E-state index in [0.29, 0.717) is 17.2 Å². The second-order valence-electron chi connectivity index (χ2n) is 5.21. The molecule has 1 aliphatic carbocycles. The predicted octanol–water partition coefficient (Wildman–Crippen LogP) is 2.78. The van der Waals surface area contributed by atoms with Crippen molar-refractivity contribution < 1.29 is 9.53 Å². The first-order valence-corrected chi connectivity index (χ1v) is 7.43. The van der Waals surface area contributed by atoms with Crippen molar-refractivity contribution >= 4 is 38.3 Å². The number of benzene rings is 1. The van der Waals surface area contributed by atoms with Crippen LogP contribution in [0.1, 0.15) is 25.7 Å². The number of rotatable bonds is 4. The van der Waals surface area contributed by atoms with Gasteiger partial charge in [-0.15, -0.1) is 0 Å². The van der Waals surface area contributed by atoms with Gasteiger partial charge in [0.25, 0.3) is 0 Å². The van der Waals surface area contributed by atoms with Crippen molar-refractivity contribution in [3.05, 3.63) is 18.2 Å². The monoisotopic (exact) mass is 291 g/mol. The van der Waals surface area contributed by atoms with E-state index in [9.17, 15) is 4.79 Å². The third-order valence-electron chi connectivity index (χ3n) is 3.84. The van der Waals surface area contributed by atoms with E-state index >= 15 is 0 Å². The number of fused-ring (bicyclic) bond motifs is 1. The van der Waals surface area contributed by atoms with Gasteiger partial charge in [-0.25, -0.2) is 4.98 Å². The zero-order valence-corrected chi connectivity index (χ0v) is 12.1. The molecule has 0 bridgehead atoms. The van der Waals surface area contributed by atoms with Gasteiger partial charge >= 0.3 is 0 Å². The van der Waals surface area contributed by atoms with Gasteiger partial charge in [-0.05, 0) is 37.5 Å². The molecule has 1 amide bonds. The molecule has 1 aromatic carbocycles. The lowest BCUT2D eigenvalue weighted by atomic mass is 9.77. The van der Waals surface area contributed by atoms with Crippen molar-refractivity contribution in [2.45, 2.75) is 31.3 Å². The fraction of sp³-hybridized carbons (Fsp3) is 0.429. The molecule has 2 aromatic rings. The molecule has 0 spiro atoms. The molecular formula is C14H17N3O2S. The first-order valence-electron chi connectivity index (χ1n) is 6.61. The molecule has 0 unspecified atom stereocenters. The number of methoxy groups -OCH3 is 1. The molecule has 20 heavy (non-hydrogen) atoms. The summed E-state index contributed by atoms with van der Waals surface area (Å²) >= 11 is 1.44. The molecule has 5 nitrogen and oxygen atoms in total. The summed E-state index contributed by atoms with van der Waals surface area (Å²) in [5.41, 5.74) is 7.03. The Kier molecular flexibility index (Phi) is 3.35. The molecule has 3 N–H and O–H groups in total. The second kappa shape index (κ2) is 5.03. The van der Waals surface area contributed by atoms with Crippen LogP contribution in [0.25, 0.3) is 10.2 Å². The fourth-order valence-corrected chi connectivity index (χ4v) is 3.41. The third kappa shape index (κ3) is 2.48. The molecule has 0 radical (unpaired) electrons. The highest BCUT2D eigenvalue weighted by Crippen LogP contribution is 2.38. The zero-order valence-electron chi connectivity index (χ0n) is 11.3. The van der Waals surface area contributed by atoms with E-state index in [4.69, 9.17) is 10.5 Å². The SMILES string of the molecule is COC1(CC(=O)Nc2nc3ccc(N)cc3s2)CCC1. The fourth-order valence-electron chi connectivity index (χ4n) is 2.47. The van der Waals surface area contributed by atoms with Crippen LogP contribution in [0.5, 0.6) is 0 Å². The van der Waals surface area contributed by atoms with Gasteiger partial charge in [-0.2, -0.15) is 0 Å². The van der Waals surface area contributed by atoms with Gasteiger partial charge in [-0.1, -0.05) is 11.3 Å². The number of carbonyl (C=O) groups excluding carboxylic acids is 1. The number of carbonyl (C=O) groups is 1. The maximum atomic E-state index is 12.1. The highest BCUT2D eigenvalue weighted by Gasteiger charge is 2.39. The van der Waals surface area contributed by atoms with Gasteiger partial charge in [0, 0.05) is 12.8 Å². The van der Waals surface area contributed by atoms with Crippen LogP contribution in [0.3, 0.4) is 0 Å². The highest BCUT2D eigenvalue weighted by atomic mass is 32.1. The van der Waals surface area contributed by atoms with Crippen molar-refractivity contribution in [3.63, 3.8) is 0 Å². The van der Waals surface area contributed by atoms with E-state index in [2.05, 4.69) is 10.3 Å². The number of nitrogens with zero attached hydrogens (tertiary/aromatic N) is 1.